The van der Waals surface area contributed by atoms with Crippen molar-refractivity contribution >= 4 is 17.2 Å². The first-order valence-corrected chi connectivity index (χ1v) is 8.68. The van der Waals surface area contributed by atoms with Gasteiger partial charge in [0.15, 0.2) is 0 Å². The number of aryl methyl sites for hydroxylation is 1. The second-order valence-electron chi connectivity index (χ2n) is 6.11. The van der Waals surface area contributed by atoms with Crippen molar-refractivity contribution in [3.05, 3.63) is 34.5 Å². The van der Waals surface area contributed by atoms with Gasteiger partial charge in [-0.15, -0.1) is 11.3 Å². The van der Waals surface area contributed by atoms with Crippen molar-refractivity contribution in [1.82, 2.24) is 25.0 Å². The van der Waals surface area contributed by atoms with Crippen LogP contribution in [0, 0.1) is 0 Å². The zero-order chi connectivity index (χ0) is 17.2. The second-order valence-corrected chi connectivity index (χ2v) is 6.83. The largest absolute Gasteiger partial charge is 0.389 e. The molecule has 0 radical (unpaired) electrons. The Morgan fingerprint density at radius 3 is 3.04 bits per heavy atom. The van der Waals surface area contributed by atoms with Crippen LogP contribution < -0.4 is 5.32 Å². The molecular formula is C15H21N5O3S. The molecule has 2 aromatic heterocycles. The number of rotatable bonds is 5. The monoisotopic (exact) mass is 351 g/mol. The van der Waals surface area contributed by atoms with Crippen molar-refractivity contribution in [2.45, 2.75) is 24.7 Å². The molecule has 130 valence electrons. The van der Waals surface area contributed by atoms with Crippen LogP contribution in [-0.4, -0.2) is 67.1 Å². The van der Waals surface area contributed by atoms with Crippen molar-refractivity contribution in [3.63, 3.8) is 0 Å². The van der Waals surface area contributed by atoms with Gasteiger partial charge < -0.3 is 15.5 Å². The molecule has 2 aromatic rings. The Balaban J connectivity index is 1.54. The number of β-amino-alcohol motifs (C(OH)–C–C–N with tert-alkyl or cyclic N) is 1. The van der Waals surface area contributed by atoms with Crippen LogP contribution in [0.5, 0.6) is 0 Å². The van der Waals surface area contributed by atoms with Crippen molar-refractivity contribution in [2.24, 2.45) is 7.05 Å². The molecule has 9 heteroatoms. The molecule has 1 amide bonds. The van der Waals surface area contributed by atoms with Crippen molar-refractivity contribution in [2.75, 3.05) is 19.6 Å². The lowest BCUT2D eigenvalue weighted by Crippen LogP contribution is -2.60. The Labute approximate surface area is 143 Å². The Morgan fingerprint density at radius 1 is 1.58 bits per heavy atom. The molecule has 0 unspecified atom stereocenters. The molecule has 0 bridgehead atoms. The van der Waals surface area contributed by atoms with Crippen LogP contribution in [0.4, 0.5) is 0 Å². The Morgan fingerprint density at radius 2 is 2.42 bits per heavy atom. The number of hydrogen-bond donors (Lipinski definition) is 3. The number of nitrogens with zero attached hydrogens (tertiary/aromatic N) is 4. The average molecular weight is 351 g/mol. The summed E-state index contributed by atoms with van der Waals surface area (Å²) in [5, 5.41) is 29.5. The van der Waals surface area contributed by atoms with E-state index < -0.39 is 11.7 Å². The summed E-state index contributed by atoms with van der Waals surface area (Å²) >= 11 is 1.33. The first-order valence-electron chi connectivity index (χ1n) is 7.74. The van der Waals surface area contributed by atoms with E-state index in [0.717, 1.165) is 5.69 Å². The zero-order valence-electron chi connectivity index (χ0n) is 13.4. The molecule has 3 rings (SSSR count). The van der Waals surface area contributed by atoms with Crippen LogP contribution in [0.3, 0.4) is 0 Å². The summed E-state index contributed by atoms with van der Waals surface area (Å²) in [7, 11) is 1.88. The number of hydrogen-bond acceptors (Lipinski definition) is 7. The highest BCUT2D eigenvalue weighted by Crippen LogP contribution is 2.23. The number of carbonyl (C=O) groups excluding carboxylic acids is 1. The van der Waals surface area contributed by atoms with Crippen LogP contribution in [0.2, 0.25) is 0 Å². The summed E-state index contributed by atoms with van der Waals surface area (Å²) in [4.78, 5) is 17.9. The number of nitrogens with one attached hydrogen (secondary N) is 1. The maximum absolute atomic E-state index is 11.9. The van der Waals surface area contributed by atoms with Gasteiger partial charge in [-0.1, -0.05) is 0 Å². The lowest BCUT2D eigenvalue weighted by atomic mass is 9.88. The van der Waals surface area contributed by atoms with Gasteiger partial charge in [0, 0.05) is 44.8 Å². The van der Waals surface area contributed by atoms with Crippen LogP contribution in [0.1, 0.15) is 22.6 Å². The summed E-state index contributed by atoms with van der Waals surface area (Å²) in [6, 6.07) is 1.93. The number of aliphatic hydroxyl groups is 2. The molecular weight excluding hydrogens is 330 g/mol. The number of piperidine rings is 1. The van der Waals surface area contributed by atoms with E-state index in [9.17, 15) is 15.0 Å². The molecule has 0 saturated carbocycles. The molecule has 0 spiro atoms. The lowest BCUT2D eigenvalue weighted by molar-refractivity contribution is -0.117. The maximum Gasteiger partial charge on any atom is 0.270 e. The maximum atomic E-state index is 11.9. The number of likely N-dealkylation sites (tertiary alicyclic amines) is 1. The number of thiazole rings is 1. The van der Waals surface area contributed by atoms with E-state index in [1.54, 1.807) is 21.8 Å². The van der Waals surface area contributed by atoms with Gasteiger partial charge in [0.25, 0.3) is 5.91 Å². The molecule has 1 fully saturated rings. The topological polar surface area (TPSA) is 104 Å². The third-order valence-corrected chi connectivity index (χ3v) is 5.03. The SMILES string of the molecule is Cn1nccc1CN1CC[C@@](O)(CNC(=O)c2cscn2)[C@H](O)C1. The molecule has 0 aromatic carbocycles. The minimum atomic E-state index is -1.32. The van der Waals surface area contributed by atoms with Gasteiger partial charge in [-0.25, -0.2) is 4.98 Å². The number of aromatic nitrogens is 3. The lowest BCUT2D eigenvalue weighted by Gasteiger charge is -2.42. The van der Waals surface area contributed by atoms with Crippen molar-refractivity contribution in [3.8, 4) is 0 Å². The summed E-state index contributed by atoms with van der Waals surface area (Å²) < 4.78 is 1.79. The third kappa shape index (κ3) is 3.64. The van der Waals surface area contributed by atoms with Gasteiger partial charge in [-0.05, 0) is 12.5 Å². The van der Waals surface area contributed by atoms with Crippen molar-refractivity contribution < 1.29 is 15.0 Å². The number of amides is 1. The Hall–Kier alpha value is -1.81. The molecule has 0 aliphatic carbocycles. The highest BCUT2D eigenvalue weighted by molar-refractivity contribution is 7.07. The molecule has 2 atom stereocenters. The Bertz CT molecular complexity index is 689. The van der Waals surface area contributed by atoms with E-state index in [0.29, 0.717) is 31.7 Å². The van der Waals surface area contributed by atoms with E-state index in [1.165, 1.54) is 11.3 Å². The number of aliphatic hydroxyl groups excluding tert-OH is 1. The first kappa shape index (κ1) is 17.0. The van der Waals surface area contributed by atoms with Gasteiger partial charge in [-0.3, -0.25) is 14.4 Å². The minimum absolute atomic E-state index is 0.00404. The van der Waals surface area contributed by atoms with E-state index >= 15 is 0 Å². The third-order valence-electron chi connectivity index (χ3n) is 4.44. The fourth-order valence-corrected chi connectivity index (χ4v) is 3.34. The predicted molar refractivity (Wildman–Crippen MR) is 88.5 cm³/mol. The van der Waals surface area contributed by atoms with Crippen LogP contribution in [0.25, 0.3) is 0 Å². The predicted octanol–water partition coefficient (Wildman–Crippen LogP) is -0.396. The fraction of sp³-hybridized carbons (Fsp3) is 0.533. The van der Waals surface area contributed by atoms with E-state index in [-0.39, 0.29) is 12.5 Å². The van der Waals surface area contributed by atoms with E-state index in [2.05, 4.69) is 20.3 Å². The second kappa shape index (κ2) is 6.98. The van der Waals surface area contributed by atoms with Gasteiger partial charge in [0.05, 0.1) is 17.3 Å². The Kier molecular flexibility index (Phi) is 4.95. The van der Waals surface area contributed by atoms with E-state index in [4.69, 9.17) is 0 Å². The molecule has 1 saturated heterocycles. The fourth-order valence-electron chi connectivity index (χ4n) is 2.81. The highest BCUT2D eigenvalue weighted by Gasteiger charge is 2.41. The molecule has 3 heterocycles. The van der Waals surface area contributed by atoms with Gasteiger partial charge in [0.2, 0.25) is 0 Å². The average Bonchev–Trinajstić information content (AvgIpc) is 3.22. The molecule has 8 nitrogen and oxygen atoms in total. The standard InChI is InChI=1S/C15H21N5O3S/c1-19-11(2-4-18-19)6-20-5-3-15(23,13(21)7-20)9-16-14(22)12-8-24-10-17-12/h2,4,8,10,13,21,23H,3,5-7,9H2,1H3,(H,16,22)/t13-,15-/m1/s1. The minimum Gasteiger partial charge on any atom is -0.389 e. The van der Waals surface area contributed by atoms with Crippen molar-refractivity contribution in [1.29, 1.82) is 0 Å². The highest BCUT2D eigenvalue weighted by atomic mass is 32.1. The van der Waals surface area contributed by atoms with E-state index in [1.807, 2.05) is 13.1 Å². The number of carbonyl (C=O) groups is 1. The summed E-state index contributed by atoms with van der Waals surface area (Å²) in [5.41, 5.74) is 1.63. The summed E-state index contributed by atoms with van der Waals surface area (Å²) in [6.07, 6.45) is 1.18. The first-order chi connectivity index (χ1) is 11.5. The molecule has 1 aliphatic heterocycles. The van der Waals surface area contributed by atoms with Gasteiger partial charge in [0.1, 0.15) is 11.3 Å². The molecule has 24 heavy (non-hydrogen) atoms. The van der Waals surface area contributed by atoms with Gasteiger partial charge in [-0.2, -0.15) is 5.10 Å². The quantitative estimate of drug-likeness (QED) is 0.678. The van der Waals surface area contributed by atoms with Gasteiger partial charge >= 0.3 is 0 Å². The van der Waals surface area contributed by atoms with Crippen LogP contribution in [-0.2, 0) is 13.6 Å². The van der Waals surface area contributed by atoms with Crippen LogP contribution in [0.15, 0.2) is 23.2 Å². The molecule has 1 aliphatic rings. The summed E-state index contributed by atoms with van der Waals surface area (Å²) in [6.45, 7) is 1.64. The summed E-state index contributed by atoms with van der Waals surface area (Å²) in [5.74, 6) is -0.339. The normalized spacial score (nSPS) is 24.9. The molecule has 3 N–H and O–H groups in total. The van der Waals surface area contributed by atoms with Crippen LogP contribution >= 0.6 is 11.3 Å². The zero-order valence-corrected chi connectivity index (χ0v) is 14.2. The smallest absolute Gasteiger partial charge is 0.270 e.